The van der Waals surface area contributed by atoms with Crippen molar-refractivity contribution in [3.05, 3.63) is 59.7 Å². The molecule has 2 N–H and O–H groups in total. The molecule has 2 aromatic rings. The van der Waals surface area contributed by atoms with Crippen LogP contribution >= 0.6 is 0 Å². The van der Waals surface area contributed by atoms with E-state index in [1.807, 2.05) is 41.3 Å². The first-order valence-electron chi connectivity index (χ1n) is 9.34. The third-order valence-corrected chi connectivity index (χ3v) is 5.88. The van der Waals surface area contributed by atoms with Crippen LogP contribution in [0.1, 0.15) is 28.8 Å². The van der Waals surface area contributed by atoms with Crippen LogP contribution < -0.4 is 0 Å². The van der Waals surface area contributed by atoms with Crippen LogP contribution in [0.3, 0.4) is 0 Å². The number of likely N-dealkylation sites (tertiary alicyclic amines) is 1. The lowest BCUT2D eigenvalue weighted by molar-refractivity contribution is -0.0372. The first kappa shape index (κ1) is 17.3. The molecular weight excluding hydrogens is 326 g/mol. The molecule has 0 unspecified atom stereocenters. The highest BCUT2D eigenvalue weighted by atomic mass is 16.3. The Morgan fingerprint density at radius 3 is 2.27 bits per heavy atom. The Kier molecular flexibility index (Phi) is 4.55. The fourth-order valence-corrected chi connectivity index (χ4v) is 4.48. The number of benzene rings is 2. The number of amides is 1. The van der Waals surface area contributed by atoms with E-state index in [2.05, 4.69) is 19.1 Å². The highest BCUT2D eigenvalue weighted by Gasteiger charge is 2.42. The summed E-state index contributed by atoms with van der Waals surface area (Å²) in [6.45, 7) is 3.38. The Labute approximate surface area is 154 Å². The summed E-state index contributed by atoms with van der Waals surface area (Å²) in [7, 11) is 0. The molecule has 1 aliphatic carbocycles. The van der Waals surface area contributed by atoms with Crippen molar-refractivity contribution in [2.75, 3.05) is 13.1 Å². The highest BCUT2D eigenvalue weighted by molar-refractivity contribution is 6.01. The zero-order valence-corrected chi connectivity index (χ0v) is 15.0. The summed E-state index contributed by atoms with van der Waals surface area (Å²) in [5.74, 6) is 0.604. The Morgan fingerprint density at radius 1 is 0.962 bits per heavy atom. The summed E-state index contributed by atoms with van der Waals surface area (Å²) in [6.07, 6.45) is -0.165. The Hall–Kier alpha value is -2.17. The minimum Gasteiger partial charge on any atom is -0.390 e. The van der Waals surface area contributed by atoms with Crippen molar-refractivity contribution in [2.24, 2.45) is 11.8 Å². The molecule has 2 fully saturated rings. The SMILES string of the molecule is Cc1cccc(-c2ccccc2C(=O)N2C[C@H]3C[C@H](O)[C@H](O)C[C@H]3C2)c1. The van der Waals surface area contributed by atoms with Crippen molar-refractivity contribution in [3.63, 3.8) is 0 Å². The van der Waals surface area contributed by atoms with E-state index in [4.69, 9.17) is 0 Å². The van der Waals surface area contributed by atoms with Crippen LogP contribution in [-0.2, 0) is 0 Å². The minimum atomic E-state index is -0.661. The Bertz CT molecular complexity index is 801. The maximum atomic E-state index is 13.2. The summed E-state index contributed by atoms with van der Waals surface area (Å²) in [5, 5.41) is 19.9. The van der Waals surface area contributed by atoms with Crippen LogP contribution in [0.4, 0.5) is 0 Å². The van der Waals surface area contributed by atoms with Gasteiger partial charge in [-0.1, -0.05) is 48.0 Å². The predicted octanol–water partition coefficient (Wildman–Crippen LogP) is 2.87. The number of aliphatic hydroxyl groups is 2. The van der Waals surface area contributed by atoms with Gasteiger partial charge in [0.05, 0.1) is 12.2 Å². The predicted molar refractivity (Wildman–Crippen MR) is 101 cm³/mol. The maximum Gasteiger partial charge on any atom is 0.254 e. The van der Waals surface area contributed by atoms with Gasteiger partial charge in [0.25, 0.3) is 5.91 Å². The topological polar surface area (TPSA) is 60.8 Å². The normalized spacial score (nSPS) is 28.0. The van der Waals surface area contributed by atoms with Gasteiger partial charge in [-0.3, -0.25) is 4.79 Å². The van der Waals surface area contributed by atoms with Crippen LogP contribution in [0.2, 0.25) is 0 Å². The van der Waals surface area contributed by atoms with Crippen molar-refractivity contribution in [3.8, 4) is 11.1 Å². The average molecular weight is 351 g/mol. The van der Waals surface area contributed by atoms with Crippen LogP contribution in [0.25, 0.3) is 11.1 Å². The van der Waals surface area contributed by atoms with E-state index in [-0.39, 0.29) is 17.7 Å². The highest BCUT2D eigenvalue weighted by Crippen LogP contribution is 2.37. The lowest BCUT2D eigenvalue weighted by Crippen LogP contribution is -2.38. The lowest BCUT2D eigenvalue weighted by Gasteiger charge is -2.31. The molecule has 1 aliphatic heterocycles. The van der Waals surface area contributed by atoms with Gasteiger partial charge in [0, 0.05) is 18.7 Å². The standard InChI is InChI=1S/C22H25NO3/c1-14-5-4-6-15(9-14)18-7-2-3-8-19(18)22(26)23-12-16-10-20(24)21(25)11-17(16)13-23/h2-9,16-17,20-21,24-25H,10-13H2,1H3/t16-,17+,20+,21-. The molecule has 4 rings (SSSR count). The monoisotopic (exact) mass is 351 g/mol. The van der Waals surface area contributed by atoms with Gasteiger partial charge in [0.2, 0.25) is 0 Å². The van der Waals surface area contributed by atoms with Gasteiger partial charge >= 0.3 is 0 Å². The van der Waals surface area contributed by atoms with Gasteiger partial charge in [-0.25, -0.2) is 0 Å². The molecule has 26 heavy (non-hydrogen) atoms. The number of aliphatic hydroxyl groups excluding tert-OH is 2. The molecule has 2 aliphatic rings. The molecule has 2 aromatic carbocycles. The van der Waals surface area contributed by atoms with Gasteiger partial charge < -0.3 is 15.1 Å². The fraction of sp³-hybridized carbons (Fsp3) is 0.409. The second kappa shape index (κ2) is 6.86. The van der Waals surface area contributed by atoms with E-state index in [0.717, 1.165) is 16.7 Å². The third kappa shape index (κ3) is 3.15. The molecule has 4 heteroatoms. The molecular formula is C22H25NO3. The van der Waals surface area contributed by atoms with Crippen LogP contribution in [0.15, 0.2) is 48.5 Å². The van der Waals surface area contributed by atoms with E-state index < -0.39 is 12.2 Å². The third-order valence-electron chi connectivity index (χ3n) is 5.88. The molecule has 1 amide bonds. The number of hydrogen-bond donors (Lipinski definition) is 2. The second-order valence-corrected chi connectivity index (χ2v) is 7.75. The van der Waals surface area contributed by atoms with E-state index in [1.165, 1.54) is 5.56 Å². The first-order chi connectivity index (χ1) is 12.5. The Morgan fingerprint density at radius 2 is 1.62 bits per heavy atom. The number of rotatable bonds is 2. The van der Waals surface area contributed by atoms with Crippen LogP contribution in [0.5, 0.6) is 0 Å². The Balaban J connectivity index is 1.60. The number of carbonyl (C=O) groups excluding carboxylic acids is 1. The molecule has 0 aromatic heterocycles. The smallest absolute Gasteiger partial charge is 0.254 e. The molecule has 1 saturated carbocycles. The van der Waals surface area contributed by atoms with Crippen molar-refractivity contribution < 1.29 is 15.0 Å². The summed E-state index contributed by atoms with van der Waals surface area (Å²) < 4.78 is 0. The minimum absolute atomic E-state index is 0.0421. The maximum absolute atomic E-state index is 13.2. The van der Waals surface area contributed by atoms with Gasteiger partial charge in [-0.15, -0.1) is 0 Å². The lowest BCUT2D eigenvalue weighted by atomic mass is 9.79. The quantitative estimate of drug-likeness (QED) is 0.875. The summed E-state index contributed by atoms with van der Waals surface area (Å²) in [4.78, 5) is 15.1. The van der Waals surface area contributed by atoms with E-state index >= 15 is 0 Å². The first-order valence-corrected chi connectivity index (χ1v) is 9.34. The average Bonchev–Trinajstić information content (AvgIpc) is 3.04. The molecule has 0 bridgehead atoms. The summed E-state index contributed by atoms with van der Waals surface area (Å²) in [5.41, 5.74) is 3.89. The van der Waals surface area contributed by atoms with Gasteiger partial charge in [0.1, 0.15) is 0 Å². The van der Waals surface area contributed by atoms with Gasteiger partial charge in [0.15, 0.2) is 0 Å². The molecule has 1 saturated heterocycles. The molecule has 4 atom stereocenters. The van der Waals surface area contributed by atoms with Crippen molar-refractivity contribution >= 4 is 5.91 Å². The number of hydrogen-bond acceptors (Lipinski definition) is 3. The summed E-state index contributed by atoms with van der Waals surface area (Å²) >= 11 is 0. The molecule has 0 spiro atoms. The molecule has 136 valence electrons. The van der Waals surface area contributed by atoms with Crippen LogP contribution in [-0.4, -0.2) is 46.3 Å². The summed E-state index contributed by atoms with van der Waals surface area (Å²) in [6, 6.07) is 16.0. The van der Waals surface area contributed by atoms with E-state index in [1.54, 1.807) is 0 Å². The molecule has 0 radical (unpaired) electrons. The number of fused-ring (bicyclic) bond motifs is 1. The second-order valence-electron chi connectivity index (χ2n) is 7.75. The van der Waals surface area contributed by atoms with Crippen molar-refractivity contribution in [1.82, 2.24) is 4.90 Å². The molecule has 1 heterocycles. The zero-order chi connectivity index (χ0) is 18.3. The number of carbonyl (C=O) groups is 1. The van der Waals surface area contributed by atoms with E-state index in [0.29, 0.717) is 25.9 Å². The van der Waals surface area contributed by atoms with E-state index in [9.17, 15) is 15.0 Å². The number of aryl methyl sites for hydroxylation is 1. The fourth-order valence-electron chi connectivity index (χ4n) is 4.48. The van der Waals surface area contributed by atoms with Crippen molar-refractivity contribution in [1.29, 1.82) is 0 Å². The zero-order valence-electron chi connectivity index (χ0n) is 15.0. The van der Waals surface area contributed by atoms with Gasteiger partial charge in [-0.05, 0) is 48.8 Å². The largest absolute Gasteiger partial charge is 0.390 e. The van der Waals surface area contributed by atoms with Crippen LogP contribution in [0, 0.1) is 18.8 Å². The number of nitrogens with zero attached hydrogens (tertiary/aromatic N) is 1. The molecule has 4 nitrogen and oxygen atoms in total. The van der Waals surface area contributed by atoms with Crippen molar-refractivity contribution in [2.45, 2.75) is 32.0 Å². The van der Waals surface area contributed by atoms with Gasteiger partial charge in [-0.2, -0.15) is 0 Å².